The van der Waals surface area contributed by atoms with Crippen molar-refractivity contribution in [2.24, 2.45) is 0 Å². The molecule has 0 spiro atoms. The summed E-state index contributed by atoms with van der Waals surface area (Å²) in [5.74, 6) is 0. The number of amides is 2. The van der Waals surface area contributed by atoms with Crippen molar-refractivity contribution in [3.63, 3.8) is 0 Å². The van der Waals surface area contributed by atoms with Gasteiger partial charge < -0.3 is 20.1 Å². The van der Waals surface area contributed by atoms with Crippen LogP contribution in [-0.4, -0.2) is 64.4 Å². The lowest BCUT2D eigenvalue weighted by Gasteiger charge is -2.45. The molecule has 2 N–H and O–H groups in total. The van der Waals surface area contributed by atoms with E-state index < -0.39 is 17.8 Å². The maximum atomic E-state index is 12.3. The number of hydrogen-bond acceptors (Lipinski definition) is 4. The lowest BCUT2D eigenvalue weighted by molar-refractivity contribution is 0.0320. The van der Waals surface area contributed by atoms with Crippen LogP contribution in [0.3, 0.4) is 0 Å². The van der Waals surface area contributed by atoms with Gasteiger partial charge in [0.2, 0.25) is 0 Å². The SMILES string of the molecule is CC(C)(C)OC(=O)N[C@@H]1CCN(C(=O)O)C[C@H]1N1CCc2ccccc2C1. The fraction of sp³-hybridized carbons (Fsp3) is 0.600. The van der Waals surface area contributed by atoms with Crippen LogP contribution in [0, 0.1) is 0 Å². The van der Waals surface area contributed by atoms with E-state index in [2.05, 4.69) is 22.3 Å². The summed E-state index contributed by atoms with van der Waals surface area (Å²) in [5, 5.41) is 12.4. The zero-order valence-corrected chi connectivity index (χ0v) is 16.3. The summed E-state index contributed by atoms with van der Waals surface area (Å²) >= 11 is 0. The highest BCUT2D eigenvalue weighted by atomic mass is 16.6. The summed E-state index contributed by atoms with van der Waals surface area (Å²) in [6.45, 7) is 7.91. The highest BCUT2D eigenvalue weighted by Gasteiger charge is 2.37. The third kappa shape index (κ3) is 4.91. The summed E-state index contributed by atoms with van der Waals surface area (Å²) < 4.78 is 5.41. The number of carboxylic acid groups (broad SMARTS) is 1. The van der Waals surface area contributed by atoms with Crippen LogP contribution in [0.1, 0.15) is 38.3 Å². The zero-order chi connectivity index (χ0) is 19.6. The van der Waals surface area contributed by atoms with Crippen molar-refractivity contribution < 1.29 is 19.4 Å². The quantitative estimate of drug-likeness (QED) is 0.831. The number of benzene rings is 1. The van der Waals surface area contributed by atoms with Gasteiger partial charge in [-0.15, -0.1) is 0 Å². The monoisotopic (exact) mass is 375 g/mol. The molecule has 0 aliphatic carbocycles. The Morgan fingerprint density at radius 3 is 2.56 bits per heavy atom. The average molecular weight is 375 g/mol. The Labute approximate surface area is 160 Å². The van der Waals surface area contributed by atoms with E-state index in [1.54, 1.807) is 0 Å². The van der Waals surface area contributed by atoms with Crippen molar-refractivity contribution in [1.29, 1.82) is 0 Å². The summed E-state index contributed by atoms with van der Waals surface area (Å²) in [6.07, 6.45) is 0.152. The molecule has 0 unspecified atom stereocenters. The number of hydrogen-bond donors (Lipinski definition) is 2. The molecule has 2 aliphatic heterocycles. The molecule has 0 bridgehead atoms. The number of fused-ring (bicyclic) bond motifs is 1. The van der Waals surface area contributed by atoms with Crippen molar-refractivity contribution in [3.8, 4) is 0 Å². The second kappa shape index (κ2) is 7.76. The number of nitrogens with zero attached hydrogens (tertiary/aromatic N) is 2. The topological polar surface area (TPSA) is 82.1 Å². The van der Waals surface area contributed by atoms with Crippen LogP contribution in [0.4, 0.5) is 9.59 Å². The number of carbonyl (C=O) groups excluding carboxylic acids is 1. The van der Waals surface area contributed by atoms with E-state index in [1.807, 2.05) is 32.9 Å². The number of nitrogens with one attached hydrogen (secondary N) is 1. The van der Waals surface area contributed by atoms with Crippen LogP contribution in [0.5, 0.6) is 0 Å². The Bertz CT molecular complexity index is 701. The molecule has 7 heteroatoms. The highest BCUT2D eigenvalue weighted by Crippen LogP contribution is 2.25. The number of carbonyl (C=O) groups is 2. The minimum atomic E-state index is -0.909. The maximum Gasteiger partial charge on any atom is 0.407 e. The molecule has 3 rings (SSSR count). The van der Waals surface area contributed by atoms with Crippen molar-refractivity contribution in [2.45, 2.75) is 57.8 Å². The minimum Gasteiger partial charge on any atom is -0.465 e. The average Bonchev–Trinajstić information content (AvgIpc) is 2.59. The predicted molar refractivity (Wildman–Crippen MR) is 102 cm³/mol. The number of piperidine rings is 1. The molecule has 2 aliphatic rings. The van der Waals surface area contributed by atoms with Gasteiger partial charge in [-0.2, -0.15) is 0 Å². The van der Waals surface area contributed by atoms with Crippen LogP contribution in [-0.2, 0) is 17.7 Å². The summed E-state index contributed by atoms with van der Waals surface area (Å²) in [6, 6.07) is 8.14. The van der Waals surface area contributed by atoms with Gasteiger partial charge >= 0.3 is 12.2 Å². The largest absolute Gasteiger partial charge is 0.465 e. The third-order valence-electron chi connectivity index (χ3n) is 5.18. The molecule has 0 saturated carbocycles. The lowest BCUT2D eigenvalue weighted by atomic mass is 9.93. The van der Waals surface area contributed by atoms with Gasteiger partial charge in [-0.25, -0.2) is 9.59 Å². The summed E-state index contributed by atoms with van der Waals surface area (Å²) in [5.41, 5.74) is 2.05. The second-order valence-electron chi connectivity index (χ2n) is 8.33. The molecule has 148 valence electrons. The second-order valence-corrected chi connectivity index (χ2v) is 8.33. The molecule has 1 aromatic rings. The van der Waals surface area contributed by atoms with Crippen molar-refractivity contribution >= 4 is 12.2 Å². The van der Waals surface area contributed by atoms with Crippen LogP contribution >= 0.6 is 0 Å². The Balaban J connectivity index is 1.74. The van der Waals surface area contributed by atoms with Gasteiger partial charge in [0.25, 0.3) is 0 Å². The molecular formula is C20H29N3O4. The fourth-order valence-corrected chi connectivity index (χ4v) is 3.90. The molecule has 2 atom stereocenters. The van der Waals surface area contributed by atoms with E-state index >= 15 is 0 Å². The van der Waals surface area contributed by atoms with Gasteiger partial charge in [0.1, 0.15) is 5.60 Å². The Morgan fingerprint density at radius 1 is 1.19 bits per heavy atom. The normalized spacial score (nSPS) is 23.4. The van der Waals surface area contributed by atoms with E-state index in [1.165, 1.54) is 16.0 Å². The highest BCUT2D eigenvalue weighted by molar-refractivity contribution is 5.68. The summed E-state index contributed by atoms with van der Waals surface area (Å²) in [4.78, 5) is 27.5. The van der Waals surface area contributed by atoms with Crippen LogP contribution in [0.2, 0.25) is 0 Å². The van der Waals surface area contributed by atoms with E-state index in [4.69, 9.17) is 4.74 Å². The first kappa shape index (κ1) is 19.5. The molecule has 0 radical (unpaired) electrons. The first-order valence-electron chi connectivity index (χ1n) is 9.51. The smallest absolute Gasteiger partial charge is 0.407 e. The number of rotatable bonds is 2. The van der Waals surface area contributed by atoms with E-state index in [9.17, 15) is 14.7 Å². The minimum absolute atomic E-state index is 0.0734. The first-order chi connectivity index (χ1) is 12.7. The molecular weight excluding hydrogens is 346 g/mol. The van der Waals surface area contributed by atoms with Crippen molar-refractivity contribution in [3.05, 3.63) is 35.4 Å². The Kier molecular flexibility index (Phi) is 5.60. The van der Waals surface area contributed by atoms with Crippen LogP contribution < -0.4 is 5.32 Å². The molecule has 2 heterocycles. The molecule has 2 amide bonds. The third-order valence-corrected chi connectivity index (χ3v) is 5.18. The first-order valence-corrected chi connectivity index (χ1v) is 9.51. The molecule has 1 fully saturated rings. The zero-order valence-electron chi connectivity index (χ0n) is 16.3. The van der Waals surface area contributed by atoms with Gasteiger partial charge in [-0.3, -0.25) is 4.90 Å². The molecule has 1 aromatic carbocycles. The lowest BCUT2D eigenvalue weighted by Crippen LogP contribution is -2.62. The maximum absolute atomic E-state index is 12.3. The molecule has 0 aromatic heterocycles. The standard InChI is InChI=1S/C20H29N3O4/c1-20(2,3)27-18(24)21-16-9-11-23(19(25)26)13-17(16)22-10-8-14-6-4-5-7-15(14)12-22/h4-7,16-17H,8-13H2,1-3H3,(H,21,24)(H,25,26)/t16-,17-/m1/s1. The van der Waals surface area contributed by atoms with Gasteiger partial charge in [-0.05, 0) is 44.7 Å². The summed E-state index contributed by atoms with van der Waals surface area (Å²) in [7, 11) is 0. The molecule has 1 saturated heterocycles. The molecule has 7 nitrogen and oxygen atoms in total. The predicted octanol–water partition coefficient (Wildman–Crippen LogP) is 2.69. The number of ether oxygens (including phenoxy) is 1. The van der Waals surface area contributed by atoms with Crippen LogP contribution in [0.25, 0.3) is 0 Å². The fourth-order valence-electron chi connectivity index (χ4n) is 3.90. The Hall–Kier alpha value is -2.28. The van der Waals surface area contributed by atoms with Gasteiger partial charge in [0, 0.05) is 32.2 Å². The van der Waals surface area contributed by atoms with E-state index in [-0.39, 0.29) is 12.1 Å². The number of alkyl carbamates (subject to hydrolysis) is 1. The Morgan fingerprint density at radius 2 is 1.89 bits per heavy atom. The number of likely N-dealkylation sites (tertiary alicyclic amines) is 1. The molecule has 27 heavy (non-hydrogen) atoms. The van der Waals surface area contributed by atoms with Gasteiger partial charge in [0.15, 0.2) is 0 Å². The van der Waals surface area contributed by atoms with E-state index in [0.717, 1.165) is 19.5 Å². The van der Waals surface area contributed by atoms with Crippen molar-refractivity contribution in [2.75, 3.05) is 19.6 Å². The van der Waals surface area contributed by atoms with E-state index in [0.29, 0.717) is 19.5 Å². The van der Waals surface area contributed by atoms with Crippen LogP contribution in [0.15, 0.2) is 24.3 Å². The van der Waals surface area contributed by atoms with Crippen molar-refractivity contribution in [1.82, 2.24) is 15.1 Å². The van der Waals surface area contributed by atoms with Gasteiger partial charge in [0.05, 0.1) is 6.04 Å². The van der Waals surface area contributed by atoms with Gasteiger partial charge in [-0.1, -0.05) is 24.3 Å².